The maximum Gasteiger partial charge on any atom is 0.225 e. The predicted molar refractivity (Wildman–Crippen MR) is 107 cm³/mol. The summed E-state index contributed by atoms with van der Waals surface area (Å²) in [5.74, 6) is 1.73. The van der Waals surface area contributed by atoms with Crippen molar-refractivity contribution in [1.29, 1.82) is 0 Å². The van der Waals surface area contributed by atoms with Crippen molar-refractivity contribution in [3.63, 3.8) is 0 Å². The van der Waals surface area contributed by atoms with E-state index in [2.05, 4.69) is 20.6 Å². The first-order valence-corrected chi connectivity index (χ1v) is 8.95. The molecule has 4 aromatic rings. The largest absolute Gasteiger partial charge is 0.467 e. The summed E-state index contributed by atoms with van der Waals surface area (Å²) >= 11 is 0. The van der Waals surface area contributed by atoms with Crippen LogP contribution in [-0.2, 0) is 13.1 Å². The van der Waals surface area contributed by atoms with Crippen LogP contribution in [0.4, 0.5) is 16.2 Å². The van der Waals surface area contributed by atoms with Gasteiger partial charge in [-0.3, -0.25) is 0 Å². The molecule has 0 saturated carbocycles. The third-order valence-corrected chi connectivity index (χ3v) is 4.18. The van der Waals surface area contributed by atoms with E-state index in [1.165, 1.54) is 12.1 Å². The Morgan fingerprint density at radius 3 is 2.39 bits per heavy atom. The zero-order chi connectivity index (χ0) is 19.2. The third-order valence-electron chi connectivity index (χ3n) is 4.18. The Hall–Kier alpha value is -3.67. The van der Waals surface area contributed by atoms with E-state index in [0.29, 0.717) is 24.9 Å². The zero-order valence-electron chi connectivity index (χ0n) is 15.1. The molecular weight excluding hydrogens is 355 g/mol. The van der Waals surface area contributed by atoms with Crippen LogP contribution in [0.25, 0.3) is 11.3 Å². The maximum absolute atomic E-state index is 13.1. The lowest BCUT2D eigenvalue weighted by Crippen LogP contribution is -2.08. The molecule has 2 heterocycles. The topological polar surface area (TPSA) is 63.0 Å². The highest BCUT2D eigenvalue weighted by molar-refractivity contribution is 5.64. The van der Waals surface area contributed by atoms with Crippen LogP contribution >= 0.6 is 0 Å². The van der Waals surface area contributed by atoms with Crippen molar-refractivity contribution in [1.82, 2.24) is 9.97 Å². The second-order valence-electron chi connectivity index (χ2n) is 6.24. The summed E-state index contributed by atoms with van der Waals surface area (Å²) in [5, 5.41) is 6.48. The fourth-order valence-electron chi connectivity index (χ4n) is 2.75. The first-order valence-electron chi connectivity index (χ1n) is 8.95. The van der Waals surface area contributed by atoms with Crippen molar-refractivity contribution in [2.45, 2.75) is 13.1 Å². The molecule has 0 radical (unpaired) electrons. The minimum Gasteiger partial charge on any atom is -0.467 e. The molecule has 0 amide bonds. The number of furan rings is 1. The molecule has 6 heteroatoms. The lowest BCUT2D eigenvalue weighted by Gasteiger charge is -2.11. The van der Waals surface area contributed by atoms with Gasteiger partial charge in [-0.25, -0.2) is 9.37 Å². The number of hydrogen-bond acceptors (Lipinski definition) is 5. The molecule has 2 aromatic carbocycles. The average Bonchev–Trinajstić information content (AvgIpc) is 3.26. The van der Waals surface area contributed by atoms with Crippen molar-refractivity contribution in [2.75, 3.05) is 10.6 Å². The lowest BCUT2D eigenvalue weighted by atomic mass is 10.1. The molecule has 0 atom stereocenters. The van der Waals surface area contributed by atoms with Gasteiger partial charge in [-0.2, -0.15) is 4.98 Å². The second-order valence-corrected chi connectivity index (χ2v) is 6.24. The Morgan fingerprint density at radius 2 is 1.64 bits per heavy atom. The number of nitrogens with one attached hydrogen (secondary N) is 2. The molecule has 0 spiro atoms. The van der Waals surface area contributed by atoms with E-state index in [1.54, 1.807) is 18.4 Å². The van der Waals surface area contributed by atoms with Gasteiger partial charge in [0.25, 0.3) is 0 Å². The Kier molecular flexibility index (Phi) is 5.29. The van der Waals surface area contributed by atoms with Gasteiger partial charge in [0.2, 0.25) is 5.95 Å². The van der Waals surface area contributed by atoms with Crippen LogP contribution in [0.2, 0.25) is 0 Å². The van der Waals surface area contributed by atoms with Crippen LogP contribution in [0.1, 0.15) is 11.3 Å². The van der Waals surface area contributed by atoms with E-state index < -0.39 is 0 Å². The molecule has 0 aliphatic carbocycles. The molecule has 0 aliphatic rings. The van der Waals surface area contributed by atoms with Gasteiger partial charge < -0.3 is 15.1 Å². The monoisotopic (exact) mass is 374 g/mol. The quantitative estimate of drug-likeness (QED) is 0.471. The third kappa shape index (κ3) is 4.54. The number of halogens is 1. The number of benzene rings is 2. The summed E-state index contributed by atoms with van der Waals surface area (Å²) in [6.07, 6.45) is 1.63. The van der Waals surface area contributed by atoms with E-state index in [4.69, 9.17) is 4.42 Å². The minimum absolute atomic E-state index is 0.249. The Labute approximate surface area is 162 Å². The van der Waals surface area contributed by atoms with Crippen molar-refractivity contribution in [3.8, 4) is 11.3 Å². The molecule has 0 fully saturated rings. The van der Waals surface area contributed by atoms with Crippen LogP contribution in [0, 0.1) is 5.82 Å². The van der Waals surface area contributed by atoms with Crippen LogP contribution in [0.15, 0.2) is 83.5 Å². The molecule has 0 bridgehead atoms. The summed E-state index contributed by atoms with van der Waals surface area (Å²) in [4.78, 5) is 9.16. The summed E-state index contributed by atoms with van der Waals surface area (Å²) < 4.78 is 18.4. The van der Waals surface area contributed by atoms with E-state index in [-0.39, 0.29) is 5.82 Å². The summed E-state index contributed by atoms with van der Waals surface area (Å²) in [5.41, 5.74) is 2.77. The maximum atomic E-state index is 13.1. The molecular formula is C22H19FN4O. The first kappa shape index (κ1) is 17.7. The van der Waals surface area contributed by atoms with Gasteiger partial charge in [0.15, 0.2) is 0 Å². The SMILES string of the molecule is Fc1ccc(CNc2cc(-c3ccccc3)nc(NCc3ccco3)n2)cc1. The van der Waals surface area contributed by atoms with Crippen LogP contribution in [0.5, 0.6) is 0 Å². The molecule has 2 aromatic heterocycles. The number of rotatable bonds is 7. The fourth-order valence-corrected chi connectivity index (χ4v) is 2.75. The Morgan fingerprint density at radius 1 is 0.821 bits per heavy atom. The molecule has 0 saturated heterocycles. The Bertz CT molecular complexity index is 1020. The highest BCUT2D eigenvalue weighted by atomic mass is 19.1. The minimum atomic E-state index is -0.249. The van der Waals surface area contributed by atoms with Crippen molar-refractivity contribution in [2.24, 2.45) is 0 Å². The first-order chi connectivity index (χ1) is 13.8. The van der Waals surface area contributed by atoms with Crippen LogP contribution in [0.3, 0.4) is 0 Å². The van der Waals surface area contributed by atoms with Gasteiger partial charge in [-0.1, -0.05) is 42.5 Å². The van der Waals surface area contributed by atoms with E-state index in [0.717, 1.165) is 22.6 Å². The van der Waals surface area contributed by atoms with E-state index in [9.17, 15) is 4.39 Å². The predicted octanol–water partition coefficient (Wildman–Crippen LogP) is 5.10. The van der Waals surface area contributed by atoms with Crippen molar-refractivity contribution in [3.05, 3.63) is 96.2 Å². The molecule has 0 unspecified atom stereocenters. The molecule has 140 valence electrons. The van der Waals surface area contributed by atoms with E-state index in [1.807, 2.05) is 48.5 Å². The molecule has 28 heavy (non-hydrogen) atoms. The van der Waals surface area contributed by atoms with Crippen LogP contribution in [-0.4, -0.2) is 9.97 Å². The number of hydrogen-bond donors (Lipinski definition) is 2. The fraction of sp³-hybridized carbons (Fsp3) is 0.0909. The van der Waals surface area contributed by atoms with Gasteiger partial charge in [0, 0.05) is 18.2 Å². The van der Waals surface area contributed by atoms with Crippen molar-refractivity contribution >= 4 is 11.8 Å². The number of anilines is 2. The van der Waals surface area contributed by atoms with Gasteiger partial charge in [-0.15, -0.1) is 0 Å². The standard InChI is InChI=1S/C22H19FN4O/c23-18-10-8-16(9-11-18)14-24-21-13-20(17-5-2-1-3-6-17)26-22(27-21)25-15-19-7-4-12-28-19/h1-13H,14-15H2,(H2,24,25,26,27). The summed E-state index contributed by atoms with van der Waals surface area (Å²) in [6, 6.07) is 21.9. The van der Waals surface area contributed by atoms with Gasteiger partial charge in [0.05, 0.1) is 18.5 Å². The molecule has 0 aliphatic heterocycles. The highest BCUT2D eigenvalue weighted by Gasteiger charge is 2.08. The normalized spacial score (nSPS) is 10.6. The van der Waals surface area contributed by atoms with Gasteiger partial charge in [-0.05, 0) is 29.8 Å². The number of nitrogens with zero attached hydrogens (tertiary/aromatic N) is 2. The summed E-state index contributed by atoms with van der Waals surface area (Å²) in [7, 11) is 0. The number of aromatic nitrogens is 2. The smallest absolute Gasteiger partial charge is 0.225 e. The Balaban J connectivity index is 1.56. The van der Waals surface area contributed by atoms with Gasteiger partial charge in [0.1, 0.15) is 17.4 Å². The van der Waals surface area contributed by atoms with Crippen LogP contribution < -0.4 is 10.6 Å². The zero-order valence-corrected chi connectivity index (χ0v) is 15.1. The average molecular weight is 374 g/mol. The van der Waals surface area contributed by atoms with Gasteiger partial charge >= 0.3 is 0 Å². The van der Waals surface area contributed by atoms with E-state index >= 15 is 0 Å². The highest BCUT2D eigenvalue weighted by Crippen LogP contribution is 2.22. The molecule has 2 N–H and O–H groups in total. The molecule has 5 nitrogen and oxygen atoms in total. The second kappa shape index (κ2) is 8.35. The lowest BCUT2D eigenvalue weighted by molar-refractivity contribution is 0.517. The van der Waals surface area contributed by atoms with Crippen molar-refractivity contribution < 1.29 is 8.81 Å². The summed E-state index contributed by atoms with van der Waals surface area (Å²) in [6.45, 7) is 1.02. The molecule has 4 rings (SSSR count).